The van der Waals surface area contributed by atoms with E-state index >= 15 is 0 Å². The standard InChI is InChI=1S/C10H11BrClN3O2S2/c1-15-7(2-4-13-15)3-5-14-19(16,17)9-6-8(12)10(11)18-9/h2,4,6,14H,3,5H2,1H3. The number of hydrogen-bond donors (Lipinski definition) is 1. The lowest BCUT2D eigenvalue weighted by atomic mass is 10.3. The molecule has 0 bridgehead atoms. The quantitative estimate of drug-likeness (QED) is 0.861. The van der Waals surface area contributed by atoms with Crippen LogP contribution in [0.1, 0.15) is 5.69 Å². The molecule has 0 amide bonds. The van der Waals surface area contributed by atoms with Gasteiger partial charge in [-0.25, -0.2) is 13.1 Å². The molecule has 5 nitrogen and oxygen atoms in total. The zero-order chi connectivity index (χ0) is 14.0. The van der Waals surface area contributed by atoms with Gasteiger partial charge in [-0.1, -0.05) is 11.6 Å². The van der Waals surface area contributed by atoms with Gasteiger partial charge >= 0.3 is 0 Å². The van der Waals surface area contributed by atoms with Crippen LogP contribution in [0.4, 0.5) is 0 Å². The lowest BCUT2D eigenvalue weighted by molar-refractivity contribution is 0.582. The molecule has 9 heteroatoms. The van der Waals surface area contributed by atoms with Crippen LogP contribution in [0.25, 0.3) is 0 Å². The molecular weight excluding hydrogens is 374 g/mol. The van der Waals surface area contributed by atoms with Crippen molar-refractivity contribution >= 4 is 48.9 Å². The van der Waals surface area contributed by atoms with E-state index in [0.29, 0.717) is 21.8 Å². The second-order valence-electron chi connectivity index (χ2n) is 3.78. The highest BCUT2D eigenvalue weighted by molar-refractivity contribution is 9.11. The summed E-state index contributed by atoms with van der Waals surface area (Å²) in [4.78, 5) is 0. The summed E-state index contributed by atoms with van der Waals surface area (Å²) in [5, 5.41) is 4.42. The van der Waals surface area contributed by atoms with Gasteiger partial charge in [0.05, 0.1) is 8.81 Å². The van der Waals surface area contributed by atoms with Crippen LogP contribution in [0.2, 0.25) is 5.02 Å². The summed E-state index contributed by atoms with van der Waals surface area (Å²) in [5.74, 6) is 0. The highest BCUT2D eigenvalue weighted by Crippen LogP contribution is 2.34. The minimum Gasteiger partial charge on any atom is -0.273 e. The molecule has 2 aromatic heterocycles. The number of thiophene rings is 1. The highest BCUT2D eigenvalue weighted by Gasteiger charge is 2.18. The number of hydrogen-bond acceptors (Lipinski definition) is 4. The monoisotopic (exact) mass is 383 g/mol. The van der Waals surface area contributed by atoms with Crippen molar-refractivity contribution in [3.8, 4) is 0 Å². The molecule has 2 heterocycles. The Hall–Kier alpha value is -0.410. The van der Waals surface area contributed by atoms with E-state index in [1.54, 1.807) is 10.9 Å². The molecule has 2 aromatic rings. The van der Waals surface area contributed by atoms with Crippen molar-refractivity contribution in [3.05, 3.63) is 32.8 Å². The fourth-order valence-corrected chi connectivity index (χ4v) is 4.97. The molecule has 1 N–H and O–H groups in total. The molecule has 19 heavy (non-hydrogen) atoms. The van der Waals surface area contributed by atoms with E-state index in [0.717, 1.165) is 17.0 Å². The summed E-state index contributed by atoms with van der Waals surface area (Å²) in [6, 6.07) is 3.29. The minimum atomic E-state index is -3.50. The van der Waals surface area contributed by atoms with E-state index in [1.807, 2.05) is 13.1 Å². The average molecular weight is 385 g/mol. The van der Waals surface area contributed by atoms with Crippen LogP contribution in [0.5, 0.6) is 0 Å². The fraction of sp³-hybridized carbons (Fsp3) is 0.300. The Morgan fingerprint density at radius 2 is 2.32 bits per heavy atom. The summed E-state index contributed by atoms with van der Waals surface area (Å²) in [5.41, 5.74) is 0.966. The van der Waals surface area contributed by atoms with Crippen LogP contribution in [-0.2, 0) is 23.5 Å². The Morgan fingerprint density at radius 3 is 2.84 bits per heavy atom. The van der Waals surface area contributed by atoms with Gasteiger partial charge in [0.15, 0.2) is 0 Å². The zero-order valence-electron chi connectivity index (χ0n) is 9.93. The predicted octanol–water partition coefficient (Wildman–Crippen LogP) is 2.42. The van der Waals surface area contributed by atoms with E-state index in [4.69, 9.17) is 11.6 Å². The smallest absolute Gasteiger partial charge is 0.250 e. The Kier molecular flexibility index (Phi) is 4.67. The third-order valence-electron chi connectivity index (χ3n) is 2.48. The van der Waals surface area contributed by atoms with Gasteiger partial charge in [-0.2, -0.15) is 5.10 Å². The van der Waals surface area contributed by atoms with Crippen LogP contribution in [0, 0.1) is 0 Å². The normalized spacial score (nSPS) is 11.9. The minimum absolute atomic E-state index is 0.203. The van der Waals surface area contributed by atoms with E-state index < -0.39 is 10.0 Å². The molecule has 2 rings (SSSR count). The molecule has 0 saturated carbocycles. The highest BCUT2D eigenvalue weighted by atomic mass is 79.9. The van der Waals surface area contributed by atoms with Crippen molar-refractivity contribution in [2.45, 2.75) is 10.6 Å². The summed E-state index contributed by atoms with van der Waals surface area (Å²) < 4.78 is 29.1. The number of nitrogens with zero attached hydrogens (tertiary/aromatic N) is 2. The molecule has 0 saturated heterocycles. The fourth-order valence-electron chi connectivity index (χ4n) is 1.49. The van der Waals surface area contributed by atoms with Crippen LogP contribution in [0.15, 0.2) is 26.3 Å². The molecule has 0 unspecified atom stereocenters. The van der Waals surface area contributed by atoms with Crippen molar-refractivity contribution in [1.29, 1.82) is 0 Å². The van der Waals surface area contributed by atoms with E-state index in [9.17, 15) is 8.42 Å². The van der Waals surface area contributed by atoms with Gasteiger partial charge < -0.3 is 0 Å². The summed E-state index contributed by atoms with van der Waals surface area (Å²) in [7, 11) is -1.68. The Bertz CT molecular complexity index is 661. The van der Waals surface area contributed by atoms with Gasteiger partial charge in [-0.3, -0.25) is 4.68 Å². The number of nitrogens with one attached hydrogen (secondary N) is 1. The molecule has 0 spiro atoms. The Balaban J connectivity index is 2.00. The van der Waals surface area contributed by atoms with Crippen molar-refractivity contribution in [2.75, 3.05) is 6.54 Å². The first-order chi connectivity index (χ1) is 8.90. The van der Waals surface area contributed by atoms with Gasteiger partial charge in [-0.15, -0.1) is 11.3 Å². The predicted molar refractivity (Wildman–Crippen MR) is 79.1 cm³/mol. The van der Waals surface area contributed by atoms with Crippen molar-refractivity contribution in [1.82, 2.24) is 14.5 Å². The maximum Gasteiger partial charge on any atom is 0.250 e. The molecule has 0 fully saturated rings. The number of rotatable bonds is 5. The van der Waals surface area contributed by atoms with Gasteiger partial charge in [0.2, 0.25) is 10.0 Å². The van der Waals surface area contributed by atoms with Gasteiger partial charge in [-0.05, 0) is 28.1 Å². The zero-order valence-corrected chi connectivity index (χ0v) is 13.9. The largest absolute Gasteiger partial charge is 0.273 e. The van der Waals surface area contributed by atoms with E-state index in [-0.39, 0.29) is 4.21 Å². The summed E-state index contributed by atoms with van der Waals surface area (Å²) in [6.45, 7) is 0.314. The van der Waals surface area contributed by atoms with Crippen LogP contribution >= 0.6 is 38.9 Å². The van der Waals surface area contributed by atoms with E-state index in [1.165, 1.54) is 6.07 Å². The number of sulfonamides is 1. The first-order valence-electron chi connectivity index (χ1n) is 5.31. The Morgan fingerprint density at radius 1 is 1.58 bits per heavy atom. The molecule has 0 aliphatic carbocycles. The SMILES string of the molecule is Cn1nccc1CCNS(=O)(=O)c1cc(Cl)c(Br)s1. The summed E-state index contributed by atoms with van der Waals surface area (Å²) >= 11 is 10.1. The second kappa shape index (κ2) is 5.92. The van der Waals surface area contributed by atoms with Gasteiger partial charge in [0, 0.05) is 31.9 Å². The van der Waals surface area contributed by atoms with Crippen molar-refractivity contribution in [3.63, 3.8) is 0 Å². The second-order valence-corrected chi connectivity index (χ2v) is 8.55. The third kappa shape index (κ3) is 3.57. The summed E-state index contributed by atoms with van der Waals surface area (Å²) in [6.07, 6.45) is 2.26. The van der Waals surface area contributed by atoms with Crippen molar-refractivity contribution in [2.24, 2.45) is 7.05 Å². The maximum absolute atomic E-state index is 12.0. The Labute approximate surface area is 128 Å². The van der Waals surface area contributed by atoms with Crippen LogP contribution in [0.3, 0.4) is 0 Å². The van der Waals surface area contributed by atoms with Gasteiger partial charge in [0.1, 0.15) is 4.21 Å². The molecule has 0 atom stereocenters. The first-order valence-corrected chi connectivity index (χ1v) is 8.78. The average Bonchev–Trinajstić information content (AvgIpc) is 2.88. The maximum atomic E-state index is 12.0. The number of halogens is 2. The van der Waals surface area contributed by atoms with Crippen molar-refractivity contribution < 1.29 is 8.42 Å². The number of aryl methyl sites for hydroxylation is 1. The molecular formula is C10H11BrClN3O2S2. The molecule has 0 aliphatic rings. The molecule has 104 valence electrons. The molecule has 0 radical (unpaired) electrons. The topological polar surface area (TPSA) is 64.0 Å². The van der Waals surface area contributed by atoms with E-state index in [2.05, 4.69) is 25.8 Å². The first kappa shape index (κ1) is 15.0. The van der Waals surface area contributed by atoms with Crippen LogP contribution < -0.4 is 4.72 Å². The molecule has 0 aliphatic heterocycles. The van der Waals surface area contributed by atoms with Gasteiger partial charge in [0.25, 0.3) is 0 Å². The van der Waals surface area contributed by atoms with Crippen LogP contribution in [-0.4, -0.2) is 24.7 Å². The third-order valence-corrected chi connectivity index (χ3v) is 6.89. The molecule has 0 aromatic carbocycles. The lowest BCUT2D eigenvalue weighted by Gasteiger charge is -2.04. The lowest BCUT2D eigenvalue weighted by Crippen LogP contribution is -2.25. The number of aromatic nitrogens is 2.